The van der Waals surface area contributed by atoms with Gasteiger partial charge in [0.25, 0.3) is 5.69 Å². The highest BCUT2D eigenvalue weighted by molar-refractivity contribution is 5.79. The third-order valence-electron chi connectivity index (χ3n) is 5.24. The highest BCUT2D eigenvalue weighted by Crippen LogP contribution is 2.35. The lowest BCUT2D eigenvalue weighted by atomic mass is 9.94. The van der Waals surface area contributed by atoms with Gasteiger partial charge in [-0.15, -0.1) is 0 Å². The Bertz CT molecular complexity index is 625. The number of aliphatic hydroxyl groups excluding tert-OH is 1. The Morgan fingerprint density at radius 1 is 1.28 bits per heavy atom. The van der Waals surface area contributed by atoms with Gasteiger partial charge in [0.05, 0.1) is 4.92 Å². The third kappa shape index (κ3) is 4.28. The summed E-state index contributed by atoms with van der Waals surface area (Å²) < 4.78 is 0. The number of nitro groups is 1. The molecule has 1 amide bonds. The molecule has 0 spiro atoms. The second kappa shape index (κ2) is 7.82. The van der Waals surface area contributed by atoms with E-state index in [0.29, 0.717) is 44.0 Å². The van der Waals surface area contributed by atoms with Crippen molar-refractivity contribution in [2.24, 2.45) is 11.8 Å². The molecule has 1 aromatic rings. The lowest BCUT2D eigenvalue weighted by Gasteiger charge is -2.33. The van der Waals surface area contributed by atoms with Gasteiger partial charge in [-0.2, -0.15) is 0 Å². The molecule has 1 aliphatic heterocycles. The molecule has 2 aliphatic rings. The van der Waals surface area contributed by atoms with E-state index in [-0.39, 0.29) is 35.1 Å². The summed E-state index contributed by atoms with van der Waals surface area (Å²) >= 11 is 0. The molecule has 1 atom stereocenters. The highest BCUT2D eigenvalue weighted by Gasteiger charge is 2.34. The summed E-state index contributed by atoms with van der Waals surface area (Å²) in [7, 11) is 0. The standard InChI is InChI=1S/C18H25N3O4/c22-12-9-15(13-5-6-13)19-18(23)14-7-10-20(11-8-14)16-3-1-2-4-17(16)21(24)25/h1-4,13-15,22H,5-12H2,(H,19,23). The van der Waals surface area contributed by atoms with Gasteiger partial charge >= 0.3 is 0 Å². The van der Waals surface area contributed by atoms with Gasteiger partial charge in [0.15, 0.2) is 0 Å². The molecule has 7 heteroatoms. The Labute approximate surface area is 147 Å². The number of amides is 1. The van der Waals surface area contributed by atoms with Gasteiger partial charge in [0.1, 0.15) is 5.69 Å². The van der Waals surface area contributed by atoms with Gasteiger partial charge in [0, 0.05) is 37.7 Å². The fourth-order valence-corrected chi connectivity index (χ4v) is 3.63. The molecule has 1 saturated carbocycles. The van der Waals surface area contributed by atoms with Crippen molar-refractivity contribution in [2.75, 3.05) is 24.6 Å². The molecule has 1 heterocycles. The van der Waals surface area contributed by atoms with E-state index in [1.807, 2.05) is 4.90 Å². The van der Waals surface area contributed by atoms with Crippen molar-refractivity contribution in [3.63, 3.8) is 0 Å². The van der Waals surface area contributed by atoms with Gasteiger partial charge in [-0.1, -0.05) is 12.1 Å². The number of piperidine rings is 1. The molecule has 0 aromatic heterocycles. The molecule has 2 N–H and O–H groups in total. The minimum absolute atomic E-state index is 0.0565. The zero-order valence-electron chi connectivity index (χ0n) is 14.3. The first kappa shape index (κ1) is 17.7. The van der Waals surface area contributed by atoms with E-state index < -0.39 is 0 Å². The summed E-state index contributed by atoms with van der Waals surface area (Å²) in [6.45, 7) is 1.37. The van der Waals surface area contributed by atoms with Crippen molar-refractivity contribution in [2.45, 2.75) is 38.1 Å². The molecule has 3 rings (SSSR count). The van der Waals surface area contributed by atoms with Crippen LogP contribution in [-0.2, 0) is 4.79 Å². The molecule has 1 aromatic carbocycles. The summed E-state index contributed by atoms with van der Waals surface area (Å²) in [6.07, 6.45) is 4.25. The van der Waals surface area contributed by atoms with Gasteiger partial charge in [0.2, 0.25) is 5.91 Å². The van der Waals surface area contributed by atoms with Crippen LogP contribution >= 0.6 is 0 Å². The number of nitrogens with one attached hydrogen (secondary N) is 1. The van der Waals surface area contributed by atoms with E-state index >= 15 is 0 Å². The Hall–Kier alpha value is -2.15. The largest absolute Gasteiger partial charge is 0.396 e. The van der Waals surface area contributed by atoms with Crippen LogP contribution in [0.1, 0.15) is 32.1 Å². The molecule has 1 unspecified atom stereocenters. The first-order valence-electron chi connectivity index (χ1n) is 8.99. The van der Waals surface area contributed by atoms with Crippen LogP contribution in [0.5, 0.6) is 0 Å². The molecular weight excluding hydrogens is 322 g/mol. The number of carbonyl (C=O) groups is 1. The van der Waals surface area contributed by atoms with E-state index in [0.717, 1.165) is 12.8 Å². The number of hydrogen-bond donors (Lipinski definition) is 2. The van der Waals surface area contributed by atoms with Gasteiger partial charge in [-0.3, -0.25) is 14.9 Å². The van der Waals surface area contributed by atoms with Gasteiger partial charge in [-0.25, -0.2) is 0 Å². The van der Waals surface area contributed by atoms with E-state index in [2.05, 4.69) is 5.32 Å². The fourth-order valence-electron chi connectivity index (χ4n) is 3.63. The molecule has 2 fully saturated rings. The number of aliphatic hydroxyl groups is 1. The Morgan fingerprint density at radius 3 is 2.56 bits per heavy atom. The number of para-hydroxylation sites is 2. The Kier molecular flexibility index (Phi) is 5.53. The van der Waals surface area contributed by atoms with Crippen LogP contribution in [0.4, 0.5) is 11.4 Å². The van der Waals surface area contributed by atoms with Crippen molar-refractivity contribution in [3.05, 3.63) is 34.4 Å². The van der Waals surface area contributed by atoms with Crippen molar-refractivity contribution >= 4 is 17.3 Å². The van der Waals surface area contributed by atoms with Crippen LogP contribution in [0.15, 0.2) is 24.3 Å². The predicted octanol–water partition coefficient (Wildman–Crippen LogP) is 2.09. The Balaban J connectivity index is 1.56. The molecule has 25 heavy (non-hydrogen) atoms. The number of nitrogens with zero attached hydrogens (tertiary/aromatic N) is 2. The summed E-state index contributed by atoms with van der Waals surface area (Å²) in [5, 5.41) is 23.4. The van der Waals surface area contributed by atoms with E-state index in [1.165, 1.54) is 6.07 Å². The predicted molar refractivity (Wildman–Crippen MR) is 94.4 cm³/mol. The van der Waals surface area contributed by atoms with Crippen molar-refractivity contribution in [3.8, 4) is 0 Å². The number of rotatable bonds is 7. The second-order valence-corrected chi connectivity index (χ2v) is 6.97. The third-order valence-corrected chi connectivity index (χ3v) is 5.24. The highest BCUT2D eigenvalue weighted by atomic mass is 16.6. The SMILES string of the molecule is O=C(NC(CCO)C1CC1)C1CCN(c2ccccc2[N+](=O)[O-])CC1. The second-order valence-electron chi connectivity index (χ2n) is 6.97. The van der Waals surface area contributed by atoms with Gasteiger partial charge < -0.3 is 15.3 Å². The van der Waals surface area contributed by atoms with Crippen LogP contribution in [0.25, 0.3) is 0 Å². The van der Waals surface area contributed by atoms with Crippen LogP contribution in [0.3, 0.4) is 0 Å². The van der Waals surface area contributed by atoms with Gasteiger partial charge in [-0.05, 0) is 44.1 Å². The monoisotopic (exact) mass is 347 g/mol. The molecule has 1 saturated heterocycles. The first-order valence-corrected chi connectivity index (χ1v) is 8.99. The summed E-state index contributed by atoms with van der Waals surface area (Å²) in [5.41, 5.74) is 0.740. The Morgan fingerprint density at radius 2 is 1.96 bits per heavy atom. The van der Waals surface area contributed by atoms with E-state index in [1.54, 1.807) is 18.2 Å². The fraction of sp³-hybridized carbons (Fsp3) is 0.611. The maximum absolute atomic E-state index is 12.5. The van der Waals surface area contributed by atoms with Crippen molar-refractivity contribution in [1.29, 1.82) is 0 Å². The molecule has 7 nitrogen and oxygen atoms in total. The zero-order valence-corrected chi connectivity index (χ0v) is 14.3. The number of hydrogen-bond acceptors (Lipinski definition) is 5. The maximum atomic E-state index is 12.5. The average molecular weight is 347 g/mol. The molecule has 0 bridgehead atoms. The van der Waals surface area contributed by atoms with Crippen LogP contribution in [-0.4, -0.2) is 41.7 Å². The lowest BCUT2D eigenvalue weighted by Crippen LogP contribution is -2.45. The van der Waals surface area contributed by atoms with Crippen LogP contribution in [0, 0.1) is 22.0 Å². The quantitative estimate of drug-likeness (QED) is 0.582. The molecule has 1 aliphatic carbocycles. The van der Waals surface area contributed by atoms with Crippen molar-refractivity contribution < 1.29 is 14.8 Å². The zero-order chi connectivity index (χ0) is 17.8. The van der Waals surface area contributed by atoms with E-state index in [4.69, 9.17) is 5.11 Å². The number of nitro benzene ring substituents is 1. The van der Waals surface area contributed by atoms with E-state index in [9.17, 15) is 14.9 Å². The number of benzene rings is 1. The summed E-state index contributed by atoms with van der Waals surface area (Å²) in [6, 6.07) is 6.84. The minimum atomic E-state index is -0.358. The summed E-state index contributed by atoms with van der Waals surface area (Å²) in [4.78, 5) is 25.3. The first-order chi connectivity index (χ1) is 12.1. The molecular formula is C18H25N3O4. The number of anilines is 1. The minimum Gasteiger partial charge on any atom is -0.396 e. The molecule has 0 radical (unpaired) electrons. The smallest absolute Gasteiger partial charge is 0.292 e. The van der Waals surface area contributed by atoms with Crippen LogP contribution in [0.2, 0.25) is 0 Å². The summed E-state index contributed by atoms with van der Waals surface area (Å²) in [5.74, 6) is 0.523. The average Bonchev–Trinajstić information content (AvgIpc) is 3.46. The van der Waals surface area contributed by atoms with Crippen LogP contribution < -0.4 is 10.2 Å². The normalized spacial score (nSPS) is 19.5. The maximum Gasteiger partial charge on any atom is 0.292 e. The van der Waals surface area contributed by atoms with Crippen molar-refractivity contribution in [1.82, 2.24) is 5.32 Å². The number of carbonyl (C=O) groups excluding carboxylic acids is 1. The topological polar surface area (TPSA) is 95.7 Å². The molecule has 136 valence electrons. The lowest BCUT2D eigenvalue weighted by molar-refractivity contribution is -0.384.